The molecule has 148 valence electrons. The van der Waals surface area contributed by atoms with Crippen LogP contribution in [0.15, 0.2) is 113 Å². The molecule has 4 aromatic rings. The van der Waals surface area contributed by atoms with Gasteiger partial charge in [-0.15, -0.1) is 0 Å². The summed E-state index contributed by atoms with van der Waals surface area (Å²) in [6.07, 6.45) is 0. The van der Waals surface area contributed by atoms with Gasteiger partial charge in [-0.2, -0.15) is 0 Å². The molecule has 0 aliphatic carbocycles. The zero-order chi connectivity index (χ0) is 20.8. The predicted octanol–water partition coefficient (Wildman–Crippen LogP) is 6.35. The van der Waals surface area contributed by atoms with Gasteiger partial charge in [-0.3, -0.25) is 4.79 Å². The summed E-state index contributed by atoms with van der Waals surface area (Å²) in [6.45, 7) is 0.168. The molecule has 0 fully saturated rings. The van der Waals surface area contributed by atoms with Crippen LogP contribution in [0.5, 0.6) is 11.5 Å². The lowest BCUT2D eigenvalue weighted by atomic mass is 10.0. The minimum Gasteiger partial charge on any atom is -0.507 e. The lowest BCUT2D eigenvalue weighted by Gasteiger charge is -2.12. The molecule has 0 aromatic heterocycles. The maximum absolute atomic E-state index is 12.8. The lowest BCUT2D eigenvalue weighted by molar-refractivity contribution is 0.103. The van der Waals surface area contributed by atoms with Crippen LogP contribution in [0.3, 0.4) is 0 Å². The van der Waals surface area contributed by atoms with E-state index in [1.54, 1.807) is 42.1 Å². The summed E-state index contributed by atoms with van der Waals surface area (Å²) in [4.78, 5) is 14.9. The molecule has 0 heterocycles. The number of hydrogen-bond acceptors (Lipinski definition) is 4. The van der Waals surface area contributed by atoms with Crippen LogP contribution >= 0.6 is 11.8 Å². The second kappa shape index (κ2) is 9.33. The van der Waals surface area contributed by atoms with Crippen LogP contribution in [0.25, 0.3) is 0 Å². The quantitative estimate of drug-likeness (QED) is 0.359. The molecule has 0 amide bonds. The molecule has 30 heavy (non-hydrogen) atoms. The number of aromatic hydroxyl groups is 1. The lowest BCUT2D eigenvalue weighted by Crippen LogP contribution is -2.05. The van der Waals surface area contributed by atoms with Crippen molar-refractivity contribution in [2.45, 2.75) is 16.4 Å². The molecule has 0 radical (unpaired) electrons. The SMILES string of the molecule is O=C(c1ccccc1)c1ccccc1OCc1ccc(Sc2ccccc2)cc1O. The van der Waals surface area contributed by atoms with Gasteiger partial charge in [0.15, 0.2) is 5.78 Å². The van der Waals surface area contributed by atoms with Crippen molar-refractivity contribution in [2.75, 3.05) is 0 Å². The molecule has 0 bridgehead atoms. The molecule has 1 N–H and O–H groups in total. The van der Waals surface area contributed by atoms with Gasteiger partial charge in [0.05, 0.1) is 5.56 Å². The number of benzene rings is 4. The first-order valence-corrected chi connectivity index (χ1v) is 10.4. The van der Waals surface area contributed by atoms with E-state index in [4.69, 9.17) is 4.74 Å². The Hall–Kier alpha value is -3.50. The maximum Gasteiger partial charge on any atom is 0.196 e. The summed E-state index contributed by atoms with van der Waals surface area (Å²) in [5, 5.41) is 10.4. The van der Waals surface area contributed by atoms with E-state index in [1.807, 2.05) is 72.8 Å². The summed E-state index contributed by atoms with van der Waals surface area (Å²) >= 11 is 1.58. The van der Waals surface area contributed by atoms with Gasteiger partial charge in [-0.25, -0.2) is 0 Å². The van der Waals surface area contributed by atoms with Crippen molar-refractivity contribution in [3.63, 3.8) is 0 Å². The minimum absolute atomic E-state index is 0.0926. The van der Waals surface area contributed by atoms with Crippen molar-refractivity contribution in [1.29, 1.82) is 0 Å². The summed E-state index contributed by atoms with van der Waals surface area (Å²) in [7, 11) is 0. The fraction of sp³-hybridized carbons (Fsp3) is 0.0385. The highest BCUT2D eigenvalue weighted by Crippen LogP contribution is 2.32. The average Bonchev–Trinajstić information content (AvgIpc) is 2.79. The minimum atomic E-state index is -0.0926. The van der Waals surface area contributed by atoms with Crippen molar-refractivity contribution < 1.29 is 14.6 Å². The Morgan fingerprint density at radius 1 is 0.767 bits per heavy atom. The Kier molecular flexibility index (Phi) is 6.16. The molecule has 3 nitrogen and oxygen atoms in total. The molecular weight excluding hydrogens is 392 g/mol. The van der Waals surface area contributed by atoms with E-state index in [-0.39, 0.29) is 18.1 Å². The molecule has 0 spiro atoms. The highest BCUT2D eigenvalue weighted by Gasteiger charge is 2.14. The van der Waals surface area contributed by atoms with E-state index in [0.29, 0.717) is 22.4 Å². The predicted molar refractivity (Wildman–Crippen MR) is 119 cm³/mol. The monoisotopic (exact) mass is 412 g/mol. The Balaban J connectivity index is 1.48. The molecule has 0 saturated heterocycles. The molecule has 4 heteroatoms. The number of ether oxygens (including phenoxy) is 1. The molecule has 0 aliphatic rings. The molecule has 0 unspecified atom stereocenters. The number of carbonyl (C=O) groups excluding carboxylic acids is 1. The average molecular weight is 413 g/mol. The normalized spacial score (nSPS) is 10.5. The number of ketones is 1. The number of phenols is 1. The highest BCUT2D eigenvalue weighted by atomic mass is 32.2. The Morgan fingerprint density at radius 2 is 1.43 bits per heavy atom. The van der Waals surface area contributed by atoms with Gasteiger partial charge in [-0.1, -0.05) is 78.5 Å². The van der Waals surface area contributed by atoms with Crippen LogP contribution in [0, 0.1) is 0 Å². The van der Waals surface area contributed by atoms with E-state index >= 15 is 0 Å². The van der Waals surface area contributed by atoms with Crippen molar-refractivity contribution in [1.82, 2.24) is 0 Å². The third-order valence-electron chi connectivity index (χ3n) is 4.59. The first-order chi connectivity index (χ1) is 14.7. The molecule has 0 saturated carbocycles. The fourth-order valence-electron chi connectivity index (χ4n) is 3.03. The molecular formula is C26H20O3S. The Bertz CT molecular complexity index is 1140. The van der Waals surface area contributed by atoms with E-state index in [1.165, 1.54) is 0 Å². The maximum atomic E-state index is 12.8. The van der Waals surface area contributed by atoms with Crippen LogP contribution in [-0.4, -0.2) is 10.9 Å². The smallest absolute Gasteiger partial charge is 0.196 e. The zero-order valence-corrected chi connectivity index (χ0v) is 17.0. The van der Waals surface area contributed by atoms with E-state index < -0.39 is 0 Å². The van der Waals surface area contributed by atoms with Gasteiger partial charge in [0, 0.05) is 20.9 Å². The first-order valence-electron chi connectivity index (χ1n) is 9.57. The van der Waals surface area contributed by atoms with Crippen LogP contribution in [-0.2, 0) is 6.61 Å². The van der Waals surface area contributed by atoms with Crippen LogP contribution in [0.2, 0.25) is 0 Å². The summed E-state index contributed by atoms with van der Waals surface area (Å²) < 4.78 is 5.92. The third kappa shape index (κ3) is 4.73. The zero-order valence-electron chi connectivity index (χ0n) is 16.2. The number of carbonyl (C=O) groups is 1. The van der Waals surface area contributed by atoms with Crippen molar-refractivity contribution in [3.8, 4) is 11.5 Å². The first kappa shape index (κ1) is 19.8. The Morgan fingerprint density at radius 3 is 2.17 bits per heavy atom. The van der Waals surface area contributed by atoms with E-state index in [0.717, 1.165) is 9.79 Å². The topological polar surface area (TPSA) is 46.5 Å². The molecule has 0 aliphatic heterocycles. The van der Waals surface area contributed by atoms with Gasteiger partial charge >= 0.3 is 0 Å². The van der Waals surface area contributed by atoms with Crippen LogP contribution in [0.4, 0.5) is 0 Å². The van der Waals surface area contributed by atoms with Gasteiger partial charge in [0.2, 0.25) is 0 Å². The molecule has 4 rings (SSSR count). The van der Waals surface area contributed by atoms with Crippen molar-refractivity contribution in [2.24, 2.45) is 0 Å². The largest absolute Gasteiger partial charge is 0.507 e. The summed E-state index contributed by atoms with van der Waals surface area (Å²) in [5.74, 6) is 0.571. The number of phenolic OH excluding ortho intramolecular Hbond substituents is 1. The fourth-order valence-corrected chi connectivity index (χ4v) is 3.91. The molecule has 0 atom stereocenters. The third-order valence-corrected chi connectivity index (χ3v) is 5.58. The van der Waals surface area contributed by atoms with Crippen molar-refractivity contribution >= 4 is 17.5 Å². The number of hydrogen-bond donors (Lipinski definition) is 1. The van der Waals surface area contributed by atoms with Gasteiger partial charge in [0.1, 0.15) is 18.1 Å². The number of rotatable bonds is 7. The number of para-hydroxylation sites is 1. The van der Waals surface area contributed by atoms with Gasteiger partial charge in [-0.05, 0) is 36.4 Å². The Labute approximate surface area is 180 Å². The van der Waals surface area contributed by atoms with Crippen LogP contribution in [0.1, 0.15) is 21.5 Å². The van der Waals surface area contributed by atoms with E-state index in [9.17, 15) is 9.90 Å². The van der Waals surface area contributed by atoms with Gasteiger partial charge in [0.25, 0.3) is 0 Å². The molecule has 4 aromatic carbocycles. The highest BCUT2D eigenvalue weighted by molar-refractivity contribution is 7.99. The second-order valence-corrected chi connectivity index (χ2v) is 7.83. The second-order valence-electron chi connectivity index (χ2n) is 6.69. The van der Waals surface area contributed by atoms with Crippen molar-refractivity contribution in [3.05, 3.63) is 120 Å². The van der Waals surface area contributed by atoms with Gasteiger partial charge < -0.3 is 9.84 Å². The van der Waals surface area contributed by atoms with Crippen LogP contribution < -0.4 is 4.74 Å². The van der Waals surface area contributed by atoms with E-state index in [2.05, 4.69) is 0 Å². The standard InChI is InChI=1S/C26H20O3S/c27-24-17-22(30-21-11-5-2-6-12-21)16-15-20(24)18-29-25-14-8-7-13-23(25)26(28)19-9-3-1-4-10-19/h1-17,27H,18H2. The summed E-state index contributed by atoms with van der Waals surface area (Å²) in [6, 6.07) is 31.8. The summed E-state index contributed by atoms with van der Waals surface area (Å²) in [5.41, 5.74) is 1.77.